The molecule has 13 heavy (non-hydrogen) atoms. The molecule has 0 aromatic heterocycles. The van der Waals surface area contributed by atoms with Gasteiger partial charge in [0.1, 0.15) is 0 Å². The zero-order valence-corrected chi connectivity index (χ0v) is 10.0. The summed E-state index contributed by atoms with van der Waals surface area (Å²) >= 11 is -0.0522. The van der Waals surface area contributed by atoms with E-state index in [1.54, 1.807) is 0 Å². The Labute approximate surface area is 91.0 Å². The number of halogens is 1. The summed E-state index contributed by atoms with van der Waals surface area (Å²) in [5, 5.41) is 0. The van der Waals surface area contributed by atoms with Crippen LogP contribution in [0, 0.1) is 13.4 Å². The molecule has 0 aliphatic rings. The molecular weight excluding hydrogens is 271 g/mol. The van der Waals surface area contributed by atoms with Crippen LogP contribution in [0.5, 0.6) is 0 Å². The van der Waals surface area contributed by atoms with Gasteiger partial charge in [0.15, 0.2) is 0 Å². The van der Waals surface area contributed by atoms with Gasteiger partial charge in [0.2, 0.25) is 0 Å². The molecule has 0 bridgehead atoms. The number of hydrogen-bond acceptors (Lipinski definition) is 0. The molecule has 0 heterocycles. The van der Waals surface area contributed by atoms with Crippen molar-refractivity contribution in [1.29, 1.82) is 0 Å². The Kier molecular flexibility index (Phi) is 5.67. The minimum atomic E-state index is -0.0522. The summed E-state index contributed by atoms with van der Waals surface area (Å²) in [4.78, 5) is 0. The van der Waals surface area contributed by atoms with E-state index in [0.717, 1.165) is 6.42 Å². The molecule has 1 rings (SSSR count). The second-order valence-corrected chi connectivity index (χ2v) is 5.09. The maximum absolute atomic E-state index is 3.30. The fraction of sp³-hybridized carbons (Fsp3) is 0.333. The van der Waals surface area contributed by atoms with Crippen molar-refractivity contribution in [2.24, 2.45) is 0 Å². The van der Waals surface area contributed by atoms with E-state index in [1.165, 1.54) is 16.4 Å². The third-order valence-corrected chi connectivity index (χ3v) is 3.60. The van der Waals surface area contributed by atoms with Crippen LogP contribution >= 0.6 is 0 Å². The molecule has 1 aromatic carbocycles. The summed E-state index contributed by atoms with van der Waals surface area (Å²) in [6.45, 7) is 2.20. The van der Waals surface area contributed by atoms with Crippen LogP contribution in [-0.4, -0.2) is 0 Å². The number of rotatable bonds is 3. The van der Waals surface area contributed by atoms with Gasteiger partial charge in [-0.2, -0.15) is 0 Å². The molecule has 0 spiro atoms. The summed E-state index contributed by atoms with van der Waals surface area (Å²) < 4.78 is 4.72. The van der Waals surface area contributed by atoms with Gasteiger partial charge >= 0.3 is 91.1 Å². The third-order valence-electron chi connectivity index (χ3n) is 1.61. The van der Waals surface area contributed by atoms with Crippen molar-refractivity contribution in [2.75, 3.05) is 0 Å². The van der Waals surface area contributed by atoms with Crippen molar-refractivity contribution in [3.05, 3.63) is 33.9 Å². The van der Waals surface area contributed by atoms with Gasteiger partial charge in [-0.15, -0.1) is 0 Å². The molecule has 0 saturated heterocycles. The summed E-state index contributed by atoms with van der Waals surface area (Å²) in [5.41, 5.74) is 0. The fourth-order valence-corrected chi connectivity index (χ4v) is 2.42. The van der Waals surface area contributed by atoms with Crippen molar-refractivity contribution in [1.82, 2.24) is 0 Å². The van der Waals surface area contributed by atoms with Crippen LogP contribution in [0.15, 0.2) is 30.3 Å². The normalized spacial score (nSPS) is 9.31. The summed E-state index contributed by atoms with van der Waals surface area (Å²) in [6, 6.07) is 10.6. The first-order chi connectivity index (χ1) is 6.43. The molecule has 0 unspecified atom stereocenters. The third kappa shape index (κ3) is 4.94. The molecule has 0 fully saturated rings. The SMILES string of the molecule is CCCCC#C[I-]c1ccccc1. The first-order valence-corrected chi connectivity index (χ1v) is 6.76. The quantitative estimate of drug-likeness (QED) is 0.420. The second kappa shape index (κ2) is 6.97. The second-order valence-electron chi connectivity index (χ2n) is 2.76. The minimum absolute atomic E-state index is 0.0522. The molecule has 0 amide bonds. The van der Waals surface area contributed by atoms with Crippen LogP contribution in [-0.2, 0) is 0 Å². The average molecular weight is 285 g/mol. The van der Waals surface area contributed by atoms with Crippen molar-refractivity contribution < 1.29 is 21.2 Å². The topological polar surface area (TPSA) is 0 Å². The number of benzene rings is 1. The summed E-state index contributed by atoms with van der Waals surface area (Å²) in [7, 11) is 0. The Balaban J connectivity index is 2.29. The van der Waals surface area contributed by atoms with Crippen molar-refractivity contribution in [2.45, 2.75) is 26.2 Å². The molecule has 0 aliphatic carbocycles. The predicted octanol–water partition coefficient (Wildman–Crippen LogP) is 0.0963. The molecule has 0 atom stereocenters. The monoisotopic (exact) mass is 285 g/mol. The van der Waals surface area contributed by atoms with E-state index in [4.69, 9.17) is 0 Å². The Bertz CT molecular complexity index is 279. The van der Waals surface area contributed by atoms with E-state index in [1.807, 2.05) is 0 Å². The standard InChI is InChI=1S/C12H14I/c1-2-3-4-8-11-13-12-9-6-5-7-10-12/h5-7,9-10H,2-4H2,1H3/q-1. The van der Waals surface area contributed by atoms with Gasteiger partial charge in [-0.25, -0.2) is 0 Å². The van der Waals surface area contributed by atoms with E-state index in [0.29, 0.717) is 0 Å². The number of unbranched alkanes of at least 4 members (excludes halogenated alkanes) is 2. The van der Waals surface area contributed by atoms with Crippen LogP contribution in [0.3, 0.4) is 0 Å². The molecule has 0 N–H and O–H groups in total. The fourth-order valence-electron chi connectivity index (χ4n) is 0.878. The van der Waals surface area contributed by atoms with E-state index < -0.39 is 0 Å². The van der Waals surface area contributed by atoms with E-state index >= 15 is 0 Å². The first-order valence-electron chi connectivity index (χ1n) is 4.60. The molecular formula is C12H14I-. The van der Waals surface area contributed by atoms with Gasteiger partial charge in [0, 0.05) is 0 Å². The van der Waals surface area contributed by atoms with Crippen LogP contribution in [0.25, 0.3) is 0 Å². The van der Waals surface area contributed by atoms with E-state index in [-0.39, 0.29) is 21.2 Å². The van der Waals surface area contributed by atoms with Crippen LogP contribution < -0.4 is 21.2 Å². The van der Waals surface area contributed by atoms with Gasteiger partial charge < -0.3 is 0 Å². The molecule has 70 valence electrons. The van der Waals surface area contributed by atoms with Gasteiger partial charge in [0.25, 0.3) is 0 Å². The molecule has 1 aromatic rings. The van der Waals surface area contributed by atoms with Gasteiger partial charge in [-0.05, 0) is 0 Å². The van der Waals surface area contributed by atoms with Gasteiger partial charge in [-0.3, -0.25) is 0 Å². The van der Waals surface area contributed by atoms with Crippen LogP contribution in [0.1, 0.15) is 26.2 Å². The molecule has 0 radical (unpaired) electrons. The van der Waals surface area contributed by atoms with Crippen LogP contribution in [0.2, 0.25) is 0 Å². The average Bonchev–Trinajstić information content (AvgIpc) is 2.19. The van der Waals surface area contributed by atoms with E-state index in [2.05, 4.69) is 47.1 Å². The van der Waals surface area contributed by atoms with Gasteiger partial charge in [-0.1, -0.05) is 0 Å². The molecule has 1 heteroatoms. The van der Waals surface area contributed by atoms with Crippen molar-refractivity contribution in [3.63, 3.8) is 0 Å². The molecule has 0 nitrogen and oxygen atoms in total. The van der Waals surface area contributed by atoms with Crippen molar-refractivity contribution >= 4 is 0 Å². The Hall–Kier alpha value is -0.490. The number of hydrogen-bond donors (Lipinski definition) is 0. The Morgan fingerprint density at radius 3 is 2.69 bits per heavy atom. The molecule has 0 saturated carbocycles. The van der Waals surface area contributed by atoms with Gasteiger partial charge in [0.05, 0.1) is 0 Å². The Morgan fingerprint density at radius 1 is 1.23 bits per heavy atom. The molecule has 0 aliphatic heterocycles. The zero-order chi connectivity index (χ0) is 9.36. The zero-order valence-electron chi connectivity index (χ0n) is 7.89. The van der Waals surface area contributed by atoms with Crippen molar-refractivity contribution in [3.8, 4) is 9.85 Å². The van der Waals surface area contributed by atoms with E-state index in [9.17, 15) is 0 Å². The first kappa shape index (κ1) is 10.6. The summed E-state index contributed by atoms with van der Waals surface area (Å²) in [6.07, 6.45) is 3.56. The Morgan fingerprint density at radius 2 is 2.00 bits per heavy atom. The predicted molar refractivity (Wildman–Crippen MR) is 52.4 cm³/mol. The summed E-state index contributed by atoms with van der Waals surface area (Å²) in [5.74, 6) is 3.23. The van der Waals surface area contributed by atoms with Crippen LogP contribution in [0.4, 0.5) is 0 Å². The maximum atomic E-state index is 3.30.